The summed E-state index contributed by atoms with van der Waals surface area (Å²) in [6.45, 7) is 2.32. The lowest BCUT2D eigenvalue weighted by Gasteiger charge is -2.26. The molecule has 1 unspecified atom stereocenters. The Kier molecular flexibility index (Phi) is 5.93. The van der Waals surface area contributed by atoms with Crippen LogP contribution in [0, 0.1) is 0 Å². The Balaban J connectivity index is 1.41. The normalized spacial score (nSPS) is 18.2. The maximum absolute atomic E-state index is 12.8. The molecular weight excluding hydrogens is 396 g/mol. The minimum absolute atomic E-state index is 0.0658. The van der Waals surface area contributed by atoms with Crippen molar-refractivity contribution in [1.29, 1.82) is 0 Å². The van der Waals surface area contributed by atoms with Gasteiger partial charge in [-0.25, -0.2) is 9.59 Å². The Bertz CT molecular complexity index is 959. The smallest absolute Gasteiger partial charge is 0.407 e. The predicted molar refractivity (Wildman–Crippen MR) is 115 cm³/mol. The van der Waals surface area contributed by atoms with Gasteiger partial charge in [-0.05, 0) is 41.5 Å². The van der Waals surface area contributed by atoms with Crippen molar-refractivity contribution in [2.45, 2.75) is 44.2 Å². The van der Waals surface area contributed by atoms with Crippen LogP contribution in [0.15, 0.2) is 48.5 Å². The molecule has 1 saturated heterocycles. The molecule has 0 spiro atoms. The van der Waals surface area contributed by atoms with Crippen molar-refractivity contribution in [3.05, 3.63) is 59.7 Å². The lowest BCUT2D eigenvalue weighted by molar-refractivity contribution is -0.149. The quantitative estimate of drug-likeness (QED) is 0.744. The van der Waals surface area contributed by atoms with Crippen molar-refractivity contribution in [1.82, 2.24) is 10.2 Å². The maximum atomic E-state index is 12.8. The predicted octanol–water partition coefficient (Wildman–Crippen LogP) is 3.38. The number of nitrogens with one attached hydrogen (secondary N) is 1. The highest BCUT2D eigenvalue weighted by atomic mass is 16.5. The largest absolute Gasteiger partial charge is 0.480 e. The van der Waals surface area contributed by atoms with Gasteiger partial charge in [0.05, 0.1) is 0 Å². The highest BCUT2D eigenvalue weighted by molar-refractivity contribution is 5.89. The number of likely N-dealkylation sites (tertiary alicyclic amines) is 1. The van der Waals surface area contributed by atoms with E-state index in [9.17, 15) is 19.5 Å². The molecule has 0 radical (unpaired) electrons. The third-order valence-electron chi connectivity index (χ3n) is 6.16. The molecule has 1 aliphatic heterocycles. The number of amides is 2. The summed E-state index contributed by atoms with van der Waals surface area (Å²) >= 11 is 0. The highest BCUT2D eigenvalue weighted by Crippen LogP contribution is 2.44. The summed E-state index contributed by atoms with van der Waals surface area (Å²) in [7, 11) is 0. The molecule has 4 rings (SSSR count). The number of carboxylic acids is 1. The summed E-state index contributed by atoms with van der Waals surface area (Å²) in [5, 5.41) is 12.0. The van der Waals surface area contributed by atoms with E-state index in [0.29, 0.717) is 25.8 Å². The molecule has 0 aromatic heterocycles. The number of benzene rings is 2. The van der Waals surface area contributed by atoms with E-state index in [1.165, 1.54) is 4.90 Å². The fourth-order valence-corrected chi connectivity index (χ4v) is 4.61. The maximum Gasteiger partial charge on any atom is 0.407 e. The first kappa shape index (κ1) is 20.9. The molecule has 1 fully saturated rings. The number of ether oxygens (including phenoxy) is 1. The minimum atomic E-state index is -1.01. The molecule has 7 nitrogen and oxygen atoms in total. The lowest BCUT2D eigenvalue weighted by atomic mass is 9.98. The van der Waals surface area contributed by atoms with Gasteiger partial charge in [-0.1, -0.05) is 55.5 Å². The number of carbonyl (C=O) groups is 3. The Morgan fingerprint density at radius 1 is 1.10 bits per heavy atom. The van der Waals surface area contributed by atoms with Gasteiger partial charge < -0.3 is 20.1 Å². The van der Waals surface area contributed by atoms with Gasteiger partial charge in [-0.15, -0.1) is 0 Å². The zero-order valence-electron chi connectivity index (χ0n) is 17.4. The first-order chi connectivity index (χ1) is 15.0. The van der Waals surface area contributed by atoms with Crippen molar-refractivity contribution in [2.75, 3.05) is 13.2 Å². The third-order valence-corrected chi connectivity index (χ3v) is 6.16. The van der Waals surface area contributed by atoms with Gasteiger partial charge in [0.15, 0.2) is 0 Å². The average molecular weight is 422 g/mol. The molecule has 31 heavy (non-hydrogen) atoms. The van der Waals surface area contributed by atoms with Crippen LogP contribution in [0.3, 0.4) is 0 Å². The minimum Gasteiger partial charge on any atom is -0.480 e. The standard InChI is InChI=1S/C24H26N2O5/c1-2-20(22(27)26-13-7-12-21(26)23(28)29)25-24(30)31-14-19-17-10-5-3-8-15(17)16-9-4-6-11-18(16)19/h3-6,8-11,19-21H,2,7,12-14H2,1H3,(H,25,30)(H,28,29)/t20-,21?/m0/s1. The summed E-state index contributed by atoms with van der Waals surface area (Å²) in [5.41, 5.74) is 4.51. The molecule has 2 aromatic rings. The zero-order chi connectivity index (χ0) is 22.0. The van der Waals surface area contributed by atoms with Crippen LogP contribution in [0.1, 0.15) is 43.2 Å². The van der Waals surface area contributed by atoms with E-state index in [1.54, 1.807) is 6.92 Å². The molecule has 2 aliphatic rings. The van der Waals surface area contributed by atoms with Crippen molar-refractivity contribution < 1.29 is 24.2 Å². The Hall–Kier alpha value is -3.35. The van der Waals surface area contributed by atoms with Crippen LogP contribution in [-0.2, 0) is 14.3 Å². The van der Waals surface area contributed by atoms with Crippen LogP contribution in [0.25, 0.3) is 11.1 Å². The van der Waals surface area contributed by atoms with E-state index in [0.717, 1.165) is 22.3 Å². The molecule has 2 atom stereocenters. The molecule has 0 saturated carbocycles. The van der Waals surface area contributed by atoms with E-state index in [4.69, 9.17) is 4.74 Å². The second-order valence-corrected chi connectivity index (χ2v) is 7.96. The molecule has 2 aromatic carbocycles. The highest BCUT2D eigenvalue weighted by Gasteiger charge is 2.37. The topological polar surface area (TPSA) is 95.9 Å². The first-order valence-corrected chi connectivity index (χ1v) is 10.7. The van der Waals surface area contributed by atoms with Gasteiger partial charge >= 0.3 is 12.1 Å². The number of hydrogen-bond acceptors (Lipinski definition) is 4. The van der Waals surface area contributed by atoms with E-state index in [1.807, 2.05) is 36.4 Å². The fourth-order valence-electron chi connectivity index (χ4n) is 4.61. The van der Waals surface area contributed by atoms with Gasteiger partial charge in [-0.3, -0.25) is 4.79 Å². The number of rotatable bonds is 6. The summed E-state index contributed by atoms with van der Waals surface area (Å²) < 4.78 is 5.52. The molecule has 162 valence electrons. The molecule has 1 aliphatic carbocycles. The summed E-state index contributed by atoms with van der Waals surface area (Å²) in [6.07, 6.45) is 0.756. The van der Waals surface area contributed by atoms with Crippen LogP contribution in [0.4, 0.5) is 4.79 Å². The number of carbonyl (C=O) groups excluding carboxylic acids is 2. The van der Waals surface area contributed by atoms with E-state index < -0.39 is 24.1 Å². The SMILES string of the molecule is CC[C@H](NC(=O)OCC1c2ccccc2-c2ccccc21)C(=O)N1CCCC1C(=O)O. The van der Waals surface area contributed by atoms with Gasteiger partial charge in [-0.2, -0.15) is 0 Å². The lowest BCUT2D eigenvalue weighted by Crippen LogP contribution is -2.51. The number of nitrogens with zero attached hydrogens (tertiary/aromatic N) is 1. The first-order valence-electron chi connectivity index (χ1n) is 10.7. The van der Waals surface area contributed by atoms with Crippen molar-refractivity contribution in [2.24, 2.45) is 0 Å². The van der Waals surface area contributed by atoms with Crippen LogP contribution < -0.4 is 5.32 Å². The van der Waals surface area contributed by atoms with E-state index in [-0.39, 0.29) is 18.4 Å². The molecule has 1 heterocycles. The Morgan fingerprint density at radius 3 is 2.29 bits per heavy atom. The molecule has 2 amide bonds. The van der Waals surface area contributed by atoms with Crippen LogP contribution in [-0.4, -0.2) is 53.2 Å². The van der Waals surface area contributed by atoms with Gasteiger partial charge in [0.1, 0.15) is 18.7 Å². The summed E-state index contributed by atoms with van der Waals surface area (Å²) in [5.74, 6) is -1.45. The summed E-state index contributed by atoms with van der Waals surface area (Å²) in [4.78, 5) is 38.1. The number of alkyl carbamates (subject to hydrolysis) is 1. The molecule has 7 heteroatoms. The van der Waals surface area contributed by atoms with Crippen molar-refractivity contribution in [3.8, 4) is 11.1 Å². The van der Waals surface area contributed by atoms with Gasteiger partial charge in [0, 0.05) is 12.5 Å². The van der Waals surface area contributed by atoms with Crippen LogP contribution in [0.5, 0.6) is 0 Å². The zero-order valence-corrected chi connectivity index (χ0v) is 17.4. The van der Waals surface area contributed by atoms with E-state index >= 15 is 0 Å². The number of hydrogen-bond donors (Lipinski definition) is 2. The molecule has 0 bridgehead atoms. The third kappa shape index (κ3) is 4.00. The number of aliphatic carboxylic acids is 1. The van der Waals surface area contributed by atoms with Crippen molar-refractivity contribution >= 4 is 18.0 Å². The average Bonchev–Trinajstić information content (AvgIpc) is 3.39. The number of carboxylic acid groups (broad SMARTS) is 1. The monoisotopic (exact) mass is 422 g/mol. The van der Waals surface area contributed by atoms with Crippen molar-refractivity contribution in [3.63, 3.8) is 0 Å². The number of fused-ring (bicyclic) bond motifs is 3. The summed E-state index contributed by atoms with van der Waals surface area (Å²) in [6, 6.07) is 14.5. The Morgan fingerprint density at radius 2 is 1.71 bits per heavy atom. The fraction of sp³-hybridized carbons (Fsp3) is 0.375. The molecular formula is C24H26N2O5. The molecule has 2 N–H and O–H groups in total. The van der Waals surface area contributed by atoms with E-state index in [2.05, 4.69) is 17.4 Å². The second-order valence-electron chi connectivity index (χ2n) is 7.96. The van der Waals surface area contributed by atoms with Gasteiger partial charge in [0.25, 0.3) is 0 Å². The van der Waals surface area contributed by atoms with Gasteiger partial charge in [0.2, 0.25) is 5.91 Å². The Labute approximate surface area is 181 Å². The van der Waals surface area contributed by atoms with Crippen LogP contribution in [0.2, 0.25) is 0 Å². The second kappa shape index (κ2) is 8.79. The van der Waals surface area contributed by atoms with Crippen LogP contribution >= 0.6 is 0 Å².